The number of rotatable bonds is 45. The Kier molecular flexibility index (Phi) is 40.3. The molecule has 0 aliphatic heterocycles. The van der Waals surface area contributed by atoms with Crippen LogP contribution in [0.3, 0.4) is 0 Å². The Labute approximate surface area is 322 Å². The van der Waals surface area contributed by atoms with E-state index in [2.05, 4.69) is 6.92 Å². The predicted octanol–water partition coefficient (Wildman–Crippen LogP) is 6.90. The van der Waals surface area contributed by atoms with Crippen molar-refractivity contribution in [1.29, 1.82) is 0 Å². The second kappa shape index (κ2) is 43.2. The van der Waals surface area contributed by atoms with Gasteiger partial charge in [0.2, 0.25) is 0 Å². The molecule has 0 saturated heterocycles. The molecule has 1 aromatic carbocycles. The molecule has 0 aromatic heterocycles. The fourth-order valence-corrected chi connectivity index (χ4v) is 5.09. The lowest BCUT2D eigenvalue weighted by Gasteiger charge is -2.09. The summed E-state index contributed by atoms with van der Waals surface area (Å²) in [6.07, 6.45) is 17.8. The maximum Gasteiger partial charge on any atom is 0.119 e. The first-order valence-corrected chi connectivity index (χ1v) is 20.6. The van der Waals surface area contributed by atoms with Crippen molar-refractivity contribution >= 4 is 5.69 Å². The number of ether oxygens (including phenoxy) is 11. The molecule has 1 rings (SSSR count). The summed E-state index contributed by atoms with van der Waals surface area (Å²) in [5, 5.41) is 0. The van der Waals surface area contributed by atoms with Crippen molar-refractivity contribution in [1.82, 2.24) is 0 Å². The Hall–Kier alpha value is -1.58. The van der Waals surface area contributed by atoms with E-state index in [0.717, 1.165) is 18.8 Å². The van der Waals surface area contributed by atoms with E-state index < -0.39 is 0 Å². The molecule has 2 N–H and O–H groups in total. The van der Waals surface area contributed by atoms with E-state index in [4.69, 9.17) is 57.8 Å². The fourth-order valence-electron chi connectivity index (χ4n) is 5.09. The molecule has 0 radical (unpaired) electrons. The molecule has 312 valence electrons. The van der Waals surface area contributed by atoms with Crippen molar-refractivity contribution in [2.45, 2.75) is 90.4 Å². The third kappa shape index (κ3) is 39.9. The van der Waals surface area contributed by atoms with Crippen LogP contribution >= 0.6 is 0 Å². The molecule has 0 unspecified atom stereocenters. The van der Waals surface area contributed by atoms with E-state index in [1.54, 1.807) is 12.1 Å². The molecule has 0 amide bonds. The third-order valence-corrected chi connectivity index (χ3v) is 8.12. The maximum absolute atomic E-state index is 5.68. The first-order valence-electron chi connectivity index (χ1n) is 20.6. The molecular weight excluding hydrogens is 682 g/mol. The summed E-state index contributed by atoms with van der Waals surface area (Å²) in [5.74, 6) is 0.775. The minimum Gasteiger partial charge on any atom is -0.491 e. The van der Waals surface area contributed by atoms with E-state index in [1.807, 2.05) is 12.1 Å². The molecule has 12 nitrogen and oxygen atoms in total. The van der Waals surface area contributed by atoms with Crippen LogP contribution in [0.5, 0.6) is 5.75 Å². The highest BCUT2D eigenvalue weighted by atomic mass is 16.6. The van der Waals surface area contributed by atoms with Crippen LogP contribution in [0.25, 0.3) is 0 Å². The van der Waals surface area contributed by atoms with E-state index in [0.29, 0.717) is 138 Å². The standard InChI is InChI=1S/C41H77NO11/c1-2-3-4-5-6-7-8-9-10-11-12-13-14-19-43-20-21-44-22-23-45-24-25-46-26-27-47-28-29-48-30-31-49-32-33-50-34-35-51-36-37-52-38-39-53-41-17-15-40(42)16-18-41/h15-18H,2-14,19-39,42H2,1H3. The van der Waals surface area contributed by atoms with E-state index in [9.17, 15) is 0 Å². The maximum atomic E-state index is 5.68. The zero-order valence-electron chi connectivity index (χ0n) is 33.4. The third-order valence-electron chi connectivity index (χ3n) is 8.12. The van der Waals surface area contributed by atoms with Gasteiger partial charge in [-0.15, -0.1) is 0 Å². The van der Waals surface area contributed by atoms with Gasteiger partial charge in [-0.05, 0) is 30.7 Å². The first-order chi connectivity index (χ1) is 26.3. The second-order valence-electron chi connectivity index (χ2n) is 12.8. The number of unbranched alkanes of at least 4 members (excludes halogenated alkanes) is 12. The first kappa shape index (κ1) is 49.4. The molecule has 0 saturated carbocycles. The highest BCUT2D eigenvalue weighted by Gasteiger charge is 1.98. The number of hydrogen-bond donors (Lipinski definition) is 1. The van der Waals surface area contributed by atoms with Crippen molar-refractivity contribution in [2.24, 2.45) is 0 Å². The Balaban J connectivity index is 1.61. The van der Waals surface area contributed by atoms with Crippen LogP contribution in [0, 0.1) is 0 Å². The average molecular weight is 760 g/mol. The summed E-state index contributed by atoms with van der Waals surface area (Å²) in [4.78, 5) is 0. The Morgan fingerprint density at radius 3 is 0.849 bits per heavy atom. The van der Waals surface area contributed by atoms with Gasteiger partial charge in [0.25, 0.3) is 0 Å². The van der Waals surface area contributed by atoms with Crippen molar-refractivity contribution in [3.8, 4) is 5.75 Å². The highest BCUT2D eigenvalue weighted by molar-refractivity contribution is 5.41. The summed E-state index contributed by atoms with van der Waals surface area (Å²) in [6, 6.07) is 7.28. The Bertz CT molecular complexity index is 822. The number of anilines is 1. The van der Waals surface area contributed by atoms with Gasteiger partial charge in [-0.1, -0.05) is 84.0 Å². The molecule has 0 bridgehead atoms. The van der Waals surface area contributed by atoms with Crippen LogP contribution in [-0.4, -0.2) is 139 Å². The summed E-state index contributed by atoms with van der Waals surface area (Å²) in [5.41, 5.74) is 6.36. The van der Waals surface area contributed by atoms with Gasteiger partial charge in [-0.25, -0.2) is 0 Å². The van der Waals surface area contributed by atoms with E-state index in [-0.39, 0.29) is 0 Å². The largest absolute Gasteiger partial charge is 0.491 e. The van der Waals surface area contributed by atoms with Crippen molar-refractivity contribution in [3.63, 3.8) is 0 Å². The quantitative estimate of drug-likeness (QED) is 0.0549. The van der Waals surface area contributed by atoms with Crippen LogP contribution in [0.15, 0.2) is 24.3 Å². The van der Waals surface area contributed by atoms with Crippen molar-refractivity contribution in [3.05, 3.63) is 24.3 Å². The lowest BCUT2D eigenvalue weighted by molar-refractivity contribution is -0.0267. The van der Waals surface area contributed by atoms with E-state index in [1.165, 1.54) is 77.0 Å². The van der Waals surface area contributed by atoms with Gasteiger partial charge < -0.3 is 57.8 Å². The molecule has 0 aliphatic carbocycles. The molecule has 0 spiro atoms. The number of nitrogens with two attached hydrogens (primary N) is 1. The van der Waals surface area contributed by atoms with Gasteiger partial charge in [0.05, 0.1) is 126 Å². The monoisotopic (exact) mass is 760 g/mol. The van der Waals surface area contributed by atoms with Gasteiger partial charge in [-0.3, -0.25) is 0 Å². The SMILES string of the molecule is CCCCCCCCCCCCCCCOCCOCCOCCOCCOCCOCCOCCOCCOCCOCCOc1ccc(N)cc1. The molecular formula is C41H77NO11. The Morgan fingerprint density at radius 2 is 0.547 bits per heavy atom. The van der Waals surface area contributed by atoms with Gasteiger partial charge in [0.15, 0.2) is 0 Å². The van der Waals surface area contributed by atoms with Gasteiger partial charge in [0, 0.05) is 12.3 Å². The van der Waals surface area contributed by atoms with Crippen LogP contribution < -0.4 is 10.5 Å². The van der Waals surface area contributed by atoms with Crippen LogP contribution in [0.2, 0.25) is 0 Å². The molecule has 0 atom stereocenters. The van der Waals surface area contributed by atoms with Gasteiger partial charge >= 0.3 is 0 Å². The van der Waals surface area contributed by atoms with Crippen LogP contribution in [0.1, 0.15) is 90.4 Å². The number of hydrogen-bond acceptors (Lipinski definition) is 12. The molecule has 12 heteroatoms. The Morgan fingerprint density at radius 1 is 0.302 bits per heavy atom. The zero-order chi connectivity index (χ0) is 37.8. The smallest absolute Gasteiger partial charge is 0.119 e. The summed E-state index contributed by atoms with van der Waals surface area (Å²) < 4.78 is 60.9. The van der Waals surface area contributed by atoms with Crippen molar-refractivity contribution in [2.75, 3.05) is 144 Å². The fraction of sp³-hybridized carbons (Fsp3) is 0.854. The minimum atomic E-state index is 0.479. The molecule has 1 aromatic rings. The highest BCUT2D eigenvalue weighted by Crippen LogP contribution is 2.13. The molecule has 53 heavy (non-hydrogen) atoms. The minimum absolute atomic E-state index is 0.479. The summed E-state index contributed by atoms with van der Waals surface area (Å²) in [6.45, 7) is 13.8. The lowest BCUT2D eigenvalue weighted by Crippen LogP contribution is -2.15. The molecule has 0 aliphatic rings. The van der Waals surface area contributed by atoms with Gasteiger partial charge in [0.1, 0.15) is 12.4 Å². The topological polar surface area (TPSA) is 128 Å². The van der Waals surface area contributed by atoms with Crippen LogP contribution in [0.4, 0.5) is 5.69 Å². The van der Waals surface area contributed by atoms with E-state index >= 15 is 0 Å². The average Bonchev–Trinajstić information content (AvgIpc) is 3.17. The number of benzene rings is 1. The number of nitrogen functional groups attached to an aromatic ring is 1. The lowest BCUT2D eigenvalue weighted by atomic mass is 10.0. The van der Waals surface area contributed by atoms with Crippen LogP contribution in [-0.2, 0) is 47.4 Å². The summed E-state index contributed by atoms with van der Waals surface area (Å²) in [7, 11) is 0. The second-order valence-corrected chi connectivity index (χ2v) is 12.8. The molecule has 0 heterocycles. The summed E-state index contributed by atoms with van der Waals surface area (Å²) >= 11 is 0. The van der Waals surface area contributed by atoms with Crippen molar-refractivity contribution < 1.29 is 52.1 Å². The zero-order valence-corrected chi connectivity index (χ0v) is 33.4. The predicted molar refractivity (Wildman–Crippen MR) is 210 cm³/mol. The molecule has 0 fully saturated rings. The normalized spacial score (nSPS) is 11.5. The van der Waals surface area contributed by atoms with Gasteiger partial charge in [-0.2, -0.15) is 0 Å².